The number of aryl methyl sites for hydroxylation is 1. The largest absolute Gasteiger partial charge is 0.338 e. The Bertz CT molecular complexity index is 661. The number of hydrogen-bond acceptors (Lipinski definition) is 7. The van der Waals surface area contributed by atoms with Crippen LogP contribution in [0.2, 0.25) is 0 Å². The summed E-state index contributed by atoms with van der Waals surface area (Å²) in [7, 11) is 0. The molecule has 0 unspecified atom stereocenters. The van der Waals surface area contributed by atoms with Gasteiger partial charge in [-0.3, -0.25) is 9.59 Å². The van der Waals surface area contributed by atoms with Crippen LogP contribution in [0.3, 0.4) is 0 Å². The van der Waals surface area contributed by atoms with Gasteiger partial charge in [-0.1, -0.05) is 0 Å². The molecule has 0 atom stereocenters. The summed E-state index contributed by atoms with van der Waals surface area (Å²) in [5.74, 6) is -0.0547. The van der Waals surface area contributed by atoms with Crippen molar-refractivity contribution in [3.8, 4) is 0 Å². The van der Waals surface area contributed by atoms with Gasteiger partial charge >= 0.3 is 0 Å². The second-order valence-corrected chi connectivity index (χ2v) is 5.80. The van der Waals surface area contributed by atoms with Gasteiger partial charge in [-0.15, -0.1) is 16.4 Å². The summed E-state index contributed by atoms with van der Waals surface area (Å²) in [5.41, 5.74) is 2.43. The molecule has 0 aliphatic carbocycles. The van der Waals surface area contributed by atoms with Crippen LogP contribution in [0.25, 0.3) is 0 Å². The van der Waals surface area contributed by atoms with E-state index in [9.17, 15) is 9.59 Å². The fraction of sp³-hybridized carbons (Fsp3) is 0.500. The number of piperazine rings is 1. The van der Waals surface area contributed by atoms with E-state index in [0.29, 0.717) is 31.1 Å². The van der Waals surface area contributed by atoms with Crippen LogP contribution in [0.15, 0.2) is 11.8 Å². The maximum Gasteiger partial charge on any atom is 0.265 e. The molecule has 0 spiro atoms. The van der Waals surface area contributed by atoms with E-state index in [0.717, 1.165) is 5.69 Å². The van der Waals surface area contributed by atoms with Crippen molar-refractivity contribution in [2.75, 3.05) is 26.2 Å². The fourth-order valence-corrected chi connectivity index (χ4v) is 3.07. The Balaban J connectivity index is 1.55. The predicted octanol–water partition coefficient (Wildman–Crippen LogP) is -0.577. The minimum atomic E-state index is -0.0478. The minimum Gasteiger partial charge on any atom is -0.338 e. The summed E-state index contributed by atoms with van der Waals surface area (Å²) < 4.78 is 1.39. The highest BCUT2D eigenvalue weighted by Gasteiger charge is 2.26. The first-order chi connectivity index (χ1) is 10.6. The molecule has 22 heavy (non-hydrogen) atoms. The fourth-order valence-electron chi connectivity index (χ4n) is 2.30. The molecular formula is C12H15N7O2S. The Hall–Kier alpha value is -2.36. The first kappa shape index (κ1) is 14.6. The van der Waals surface area contributed by atoms with Crippen LogP contribution in [-0.4, -0.2) is 73.0 Å². The molecule has 116 valence electrons. The van der Waals surface area contributed by atoms with E-state index in [-0.39, 0.29) is 18.4 Å². The predicted molar refractivity (Wildman–Crippen MR) is 77.2 cm³/mol. The second-order valence-electron chi connectivity index (χ2n) is 4.95. The van der Waals surface area contributed by atoms with Gasteiger partial charge in [-0.2, -0.15) is 0 Å². The molecule has 1 aliphatic heterocycles. The van der Waals surface area contributed by atoms with E-state index in [1.807, 2.05) is 6.92 Å². The molecular weight excluding hydrogens is 306 g/mol. The van der Waals surface area contributed by atoms with Gasteiger partial charge in [-0.25, -0.2) is 9.67 Å². The summed E-state index contributed by atoms with van der Waals surface area (Å²) in [5, 5.41) is 10.7. The van der Waals surface area contributed by atoms with Crippen molar-refractivity contribution in [2.45, 2.75) is 13.5 Å². The van der Waals surface area contributed by atoms with E-state index in [1.54, 1.807) is 15.3 Å². The lowest BCUT2D eigenvalue weighted by atomic mass is 10.2. The monoisotopic (exact) mass is 321 g/mol. The summed E-state index contributed by atoms with van der Waals surface area (Å²) in [6.07, 6.45) is 1.41. The first-order valence-electron chi connectivity index (χ1n) is 6.83. The third kappa shape index (κ3) is 2.96. The van der Waals surface area contributed by atoms with Crippen LogP contribution in [0.5, 0.6) is 0 Å². The average Bonchev–Trinajstić information content (AvgIpc) is 3.18. The molecule has 9 nitrogen and oxygen atoms in total. The number of amides is 2. The number of rotatable bonds is 3. The highest BCUT2D eigenvalue weighted by molar-refractivity contribution is 7.11. The summed E-state index contributed by atoms with van der Waals surface area (Å²) in [6.45, 7) is 4.04. The van der Waals surface area contributed by atoms with Gasteiger partial charge in [0.25, 0.3) is 5.91 Å². The highest BCUT2D eigenvalue weighted by atomic mass is 32.1. The lowest BCUT2D eigenvalue weighted by Crippen LogP contribution is -2.51. The van der Waals surface area contributed by atoms with Crippen molar-refractivity contribution in [1.29, 1.82) is 0 Å². The van der Waals surface area contributed by atoms with Crippen molar-refractivity contribution < 1.29 is 9.59 Å². The molecule has 2 aromatic heterocycles. The molecule has 2 amide bonds. The van der Waals surface area contributed by atoms with Crippen molar-refractivity contribution in [2.24, 2.45) is 0 Å². The Morgan fingerprint density at radius 2 is 1.95 bits per heavy atom. The number of carbonyl (C=O) groups excluding carboxylic acids is 2. The SMILES string of the molecule is Cc1ncsc1C(=O)N1CCN(C(=O)Cn2cnnn2)CC1. The Labute approximate surface area is 130 Å². The molecule has 10 heteroatoms. The number of carbonyl (C=O) groups is 2. The lowest BCUT2D eigenvalue weighted by Gasteiger charge is -2.34. The van der Waals surface area contributed by atoms with E-state index in [2.05, 4.69) is 20.5 Å². The van der Waals surface area contributed by atoms with Gasteiger partial charge in [-0.05, 0) is 17.4 Å². The number of thiazole rings is 1. The van der Waals surface area contributed by atoms with Crippen molar-refractivity contribution >= 4 is 23.2 Å². The molecule has 1 saturated heterocycles. The molecule has 1 aliphatic rings. The number of tetrazole rings is 1. The zero-order chi connectivity index (χ0) is 15.5. The lowest BCUT2D eigenvalue weighted by molar-refractivity contribution is -0.133. The molecule has 0 N–H and O–H groups in total. The van der Waals surface area contributed by atoms with Crippen molar-refractivity contribution in [1.82, 2.24) is 35.0 Å². The molecule has 0 radical (unpaired) electrons. The topological polar surface area (TPSA) is 97.1 Å². The number of hydrogen-bond donors (Lipinski definition) is 0. The van der Waals surface area contributed by atoms with Crippen LogP contribution in [0, 0.1) is 6.92 Å². The standard InChI is InChI=1S/C12H15N7O2S/c1-9-11(22-8-13-9)12(21)18-4-2-17(3-5-18)10(20)6-19-7-14-15-16-19/h7-8H,2-6H2,1H3. The molecule has 1 fully saturated rings. The molecule has 2 aromatic rings. The van der Waals surface area contributed by atoms with Gasteiger partial charge in [0.05, 0.1) is 11.2 Å². The average molecular weight is 321 g/mol. The number of nitrogens with zero attached hydrogens (tertiary/aromatic N) is 7. The van der Waals surface area contributed by atoms with E-state index in [1.165, 1.54) is 22.3 Å². The smallest absolute Gasteiger partial charge is 0.265 e. The Kier molecular flexibility index (Phi) is 4.09. The minimum absolute atomic E-state index is 0.00687. The third-order valence-electron chi connectivity index (χ3n) is 3.55. The van der Waals surface area contributed by atoms with Gasteiger partial charge in [0.2, 0.25) is 5.91 Å². The van der Waals surface area contributed by atoms with E-state index in [4.69, 9.17) is 0 Å². The van der Waals surface area contributed by atoms with Crippen molar-refractivity contribution in [3.05, 3.63) is 22.4 Å². The maximum atomic E-state index is 12.4. The van der Waals surface area contributed by atoms with E-state index < -0.39 is 0 Å². The molecule has 3 rings (SSSR count). The third-order valence-corrected chi connectivity index (χ3v) is 4.46. The van der Waals surface area contributed by atoms with Gasteiger partial charge in [0.15, 0.2) is 0 Å². The normalized spacial score (nSPS) is 15.1. The number of aromatic nitrogens is 5. The van der Waals surface area contributed by atoms with Crippen LogP contribution < -0.4 is 0 Å². The Morgan fingerprint density at radius 3 is 2.55 bits per heavy atom. The molecule has 0 bridgehead atoms. The van der Waals surface area contributed by atoms with Crippen LogP contribution in [0.1, 0.15) is 15.4 Å². The summed E-state index contributed by atoms with van der Waals surface area (Å²) >= 11 is 1.35. The first-order valence-corrected chi connectivity index (χ1v) is 7.71. The summed E-state index contributed by atoms with van der Waals surface area (Å²) in [4.78, 5) is 32.8. The zero-order valence-electron chi connectivity index (χ0n) is 12.0. The Morgan fingerprint density at radius 1 is 1.23 bits per heavy atom. The zero-order valence-corrected chi connectivity index (χ0v) is 12.9. The van der Waals surface area contributed by atoms with E-state index >= 15 is 0 Å². The molecule has 3 heterocycles. The van der Waals surface area contributed by atoms with Crippen LogP contribution in [0.4, 0.5) is 0 Å². The van der Waals surface area contributed by atoms with Gasteiger partial charge in [0, 0.05) is 26.2 Å². The van der Waals surface area contributed by atoms with Crippen LogP contribution in [-0.2, 0) is 11.3 Å². The van der Waals surface area contributed by atoms with Gasteiger partial charge < -0.3 is 9.80 Å². The second kappa shape index (κ2) is 6.18. The van der Waals surface area contributed by atoms with Crippen LogP contribution >= 0.6 is 11.3 Å². The maximum absolute atomic E-state index is 12.4. The van der Waals surface area contributed by atoms with Crippen molar-refractivity contribution in [3.63, 3.8) is 0 Å². The van der Waals surface area contributed by atoms with Gasteiger partial charge in [0.1, 0.15) is 17.7 Å². The summed E-state index contributed by atoms with van der Waals surface area (Å²) in [6, 6.07) is 0. The quantitative estimate of drug-likeness (QED) is 0.750. The highest BCUT2D eigenvalue weighted by Crippen LogP contribution is 2.16. The molecule has 0 aromatic carbocycles. The molecule has 0 saturated carbocycles.